The van der Waals surface area contributed by atoms with Crippen molar-refractivity contribution in [3.8, 4) is 44.8 Å². The first-order chi connectivity index (χ1) is 22.6. The number of hydrogen-bond donors (Lipinski definition) is 0. The van der Waals surface area contributed by atoms with Crippen molar-refractivity contribution in [1.82, 2.24) is 15.0 Å². The summed E-state index contributed by atoms with van der Waals surface area (Å²) in [5.74, 6) is 0. The van der Waals surface area contributed by atoms with Crippen LogP contribution in [0.25, 0.3) is 66.4 Å². The minimum Gasteiger partial charge on any atom is -0.305 e. The predicted molar refractivity (Wildman–Crippen MR) is 190 cm³/mol. The van der Waals surface area contributed by atoms with E-state index in [9.17, 15) is 0 Å². The van der Waals surface area contributed by atoms with Crippen molar-refractivity contribution in [3.63, 3.8) is 0 Å². The van der Waals surface area contributed by atoms with E-state index in [1.54, 1.807) is 6.20 Å². The zero-order valence-electron chi connectivity index (χ0n) is 26.1. The molecule has 0 saturated carbocycles. The number of fused-ring (bicyclic) bond motifs is 3. The van der Waals surface area contributed by atoms with Crippen molar-refractivity contribution in [1.29, 1.82) is 0 Å². The quantitative estimate of drug-likeness (QED) is 0.132. The SMILES string of the molecule is Cc1cnc(-c2[c-]ccc(-c3cccc(-c4cc5ncccc5c5ccccc45)c3)c2)cc1C.[Ir].[c-]1ccccc1-c1ccccn1. The van der Waals surface area contributed by atoms with Gasteiger partial charge in [-0.15, -0.1) is 71.3 Å². The average molecular weight is 782 g/mol. The summed E-state index contributed by atoms with van der Waals surface area (Å²) in [6.07, 6.45) is 5.58. The molecule has 8 aromatic rings. The van der Waals surface area contributed by atoms with E-state index in [2.05, 4.69) is 120 Å². The van der Waals surface area contributed by atoms with Gasteiger partial charge in [0, 0.05) is 44.1 Å². The fourth-order valence-electron chi connectivity index (χ4n) is 5.67. The summed E-state index contributed by atoms with van der Waals surface area (Å²) in [6, 6.07) is 52.3. The predicted octanol–water partition coefficient (Wildman–Crippen LogP) is 10.7. The first-order valence-corrected chi connectivity index (χ1v) is 15.3. The van der Waals surface area contributed by atoms with Gasteiger partial charge in [-0.3, -0.25) is 4.98 Å². The Morgan fingerprint density at radius 2 is 1.21 bits per heavy atom. The molecule has 0 N–H and O–H groups in total. The topological polar surface area (TPSA) is 38.7 Å². The Balaban J connectivity index is 0.000000250. The third-order valence-electron chi connectivity index (χ3n) is 8.23. The third-order valence-corrected chi connectivity index (χ3v) is 8.23. The second kappa shape index (κ2) is 14.4. The van der Waals surface area contributed by atoms with Crippen LogP contribution in [0.5, 0.6) is 0 Å². The fraction of sp³-hybridized carbons (Fsp3) is 0.0465. The molecule has 0 spiro atoms. The Labute approximate surface area is 289 Å². The van der Waals surface area contributed by atoms with Gasteiger partial charge in [-0.05, 0) is 82.5 Å². The average Bonchev–Trinajstić information content (AvgIpc) is 3.13. The van der Waals surface area contributed by atoms with Crippen LogP contribution in [0, 0.1) is 26.0 Å². The van der Waals surface area contributed by atoms with Crippen LogP contribution in [0.4, 0.5) is 0 Å². The summed E-state index contributed by atoms with van der Waals surface area (Å²) in [5.41, 5.74) is 12.1. The van der Waals surface area contributed by atoms with Crippen molar-refractivity contribution in [2.24, 2.45) is 0 Å². The Morgan fingerprint density at radius 3 is 2.02 bits per heavy atom. The van der Waals surface area contributed by atoms with E-state index in [1.165, 1.54) is 44.0 Å². The monoisotopic (exact) mass is 782 g/mol. The van der Waals surface area contributed by atoms with E-state index in [4.69, 9.17) is 0 Å². The largest absolute Gasteiger partial charge is 0.305 e. The molecule has 47 heavy (non-hydrogen) atoms. The van der Waals surface area contributed by atoms with E-state index in [0.717, 1.165) is 33.6 Å². The van der Waals surface area contributed by atoms with E-state index in [0.29, 0.717) is 0 Å². The van der Waals surface area contributed by atoms with Gasteiger partial charge in [-0.25, -0.2) is 0 Å². The van der Waals surface area contributed by atoms with Gasteiger partial charge in [-0.1, -0.05) is 72.3 Å². The van der Waals surface area contributed by atoms with Crippen molar-refractivity contribution < 1.29 is 20.1 Å². The van der Waals surface area contributed by atoms with Crippen LogP contribution in [0.15, 0.2) is 152 Å². The molecule has 4 heteroatoms. The van der Waals surface area contributed by atoms with Gasteiger partial charge in [0.2, 0.25) is 0 Å². The number of pyridine rings is 3. The maximum absolute atomic E-state index is 4.65. The molecule has 0 bridgehead atoms. The first-order valence-electron chi connectivity index (χ1n) is 15.3. The van der Waals surface area contributed by atoms with Crippen LogP contribution in [-0.4, -0.2) is 15.0 Å². The van der Waals surface area contributed by atoms with Crippen LogP contribution in [0.1, 0.15) is 11.1 Å². The number of rotatable bonds is 4. The molecule has 0 fully saturated rings. The van der Waals surface area contributed by atoms with E-state index >= 15 is 0 Å². The summed E-state index contributed by atoms with van der Waals surface area (Å²) >= 11 is 0. The summed E-state index contributed by atoms with van der Waals surface area (Å²) < 4.78 is 0. The molecular weight excluding hydrogens is 751 g/mol. The minimum absolute atomic E-state index is 0. The van der Waals surface area contributed by atoms with Crippen molar-refractivity contribution >= 4 is 21.7 Å². The number of nitrogens with zero attached hydrogens (tertiary/aromatic N) is 3. The van der Waals surface area contributed by atoms with Gasteiger partial charge in [0.1, 0.15) is 0 Å². The smallest absolute Gasteiger partial charge is 0.0714 e. The summed E-state index contributed by atoms with van der Waals surface area (Å²) in [4.78, 5) is 13.5. The molecule has 229 valence electrons. The zero-order chi connectivity index (χ0) is 31.3. The molecule has 0 atom stereocenters. The summed E-state index contributed by atoms with van der Waals surface area (Å²) in [6.45, 7) is 4.21. The van der Waals surface area contributed by atoms with Crippen LogP contribution in [-0.2, 0) is 20.1 Å². The molecular formula is C43H31IrN3-2. The molecule has 0 aliphatic carbocycles. The molecule has 1 radical (unpaired) electrons. The molecule has 3 nitrogen and oxygen atoms in total. The number of aromatic nitrogens is 3. The minimum atomic E-state index is 0. The fourth-order valence-corrected chi connectivity index (χ4v) is 5.67. The maximum atomic E-state index is 4.65. The van der Waals surface area contributed by atoms with E-state index in [-0.39, 0.29) is 20.1 Å². The maximum Gasteiger partial charge on any atom is 0.0714 e. The van der Waals surface area contributed by atoms with Crippen LogP contribution in [0.3, 0.4) is 0 Å². The molecule has 0 aliphatic heterocycles. The number of aryl methyl sites for hydroxylation is 2. The van der Waals surface area contributed by atoms with Gasteiger partial charge < -0.3 is 9.97 Å². The standard InChI is InChI=1S/C32H23N2.C11H8N.Ir/c1-21-16-31(34-20-22(21)2)26-11-6-9-24(18-26)23-8-5-10-25(17-23)30-19-32-29(14-7-15-33-32)27-12-3-4-13-28(27)30;1-2-6-10(7-3-1)11-8-4-5-9-12-11;/h3-10,12-20H,1-2H3;1-6,8-9H;/q2*-1;. The molecule has 0 amide bonds. The van der Waals surface area contributed by atoms with Gasteiger partial charge in [0.15, 0.2) is 0 Å². The summed E-state index contributed by atoms with van der Waals surface area (Å²) in [7, 11) is 0. The van der Waals surface area contributed by atoms with E-state index in [1.807, 2.05) is 67.0 Å². The van der Waals surface area contributed by atoms with Crippen LogP contribution >= 0.6 is 0 Å². The molecule has 0 aliphatic rings. The molecule has 0 unspecified atom stereocenters. The second-order valence-corrected chi connectivity index (χ2v) is 11.3. The molecule has 3 heterocycles. The number of hydrogen-bond acceptors (Lipinski definition) is 3. The molecule has 3 aromatic heterocycles. The first kappa shape index (κ1) is 31.7. The van der Waals surface area contributed by atoms with Crippen LogP contribution < -0.4 is 0 Å². The van der Waals surface area contributed by atoms with E-state index < -0.39 is 0 Å². The Morgan fingerprint density at radius 1 is 0.468 bits per heavy atom. The van der Waals surface area contributed by atoms with Crippen molar-refractivity contribution in [3.05, 3.63) is 175 Å². The third kappa shape index (κ3) is 6.95. The second-order valence-electron chi connectivity index (χ2n) is 11.3. The van der Waals surface area contributed by atoms with Crippen LogP contribution in [0.2, 0.25) is 0 Å². The van der Waals surface area contributed by atoms with Gasteiger partial charge in [-0.2, -0.15) is 0 Å². The van der Waals surface area contributed by atoms with Gasteiger partial charge >= 0.3 is 0 Å². The summed E-state index contributed by atoms with van der Waals surface area (Å²) in [5, 5.41) is 3.65. The van der Waals surface area contributed by atoms with Crippen molar-refractivity contribution in [2.45, 2.75) is 13.8 Å². The van der Waals surface area contributed by atoms with Gasteiger partial charge in [0.25, 0.3) is 0 Å². The van der Waals surface area contributed by atoms with Gasteiger partial charge in [0.05, 0.1) is 5.52 Å². The molecule has 5 aromatic carbocycles. The van der Waals surface area contributed by atoms with Crippen molar-refractivity contribution in [2.75, 3.05) is 0 Å². The Bertz CT molecular complexity index is 2240. The Hall–Kier alpha value is -5.28. The Kier molecular flexibility index (Phi) is 9.73. The normalized spacial score (nSPS) is 10.6. The molecule has 8 rings (SSSR count). The molecule has 0 saturated heterocycles. The zero-order valence-corrected chi connectivity index (χ0v) is 28.5. The number of benzene rings is 5.